The van der Waals surface area contributed by atoms with E-state index in [0.717, 1.165) is 44.7 Å². The van der Waals surface area contributed by atoms with Crippen molar-refractivity contribution in [1.29, 1.82) is 0 Å². The fraction of sp³-hybridized carbons (Fsp3) is 0.562. The number of piperazine rings is 1. The summed E-state index contributed by atoms with van der Waals surface area (Å²) in [4.78, 5) is 16.9. The summed E-state index contributed by atoms with van der Waals surface area (Å²) in [5.74, 6) is -0.0295. The number of nitrogens with zero attached hydrogens (tertiary/aromatic N) is 2. The molecule has 21 heavy (non-hydrogen) atoms. The normalized spacial score (nSPS) is 16.9. The van der Waals surface area contributed by atoms with E-state index in [4.69, 9.17) is 5.73 Å². The maximum absolute atomic E-state index is 12.1. The number of nitrogens with two attached hydrogens (primary N) is 1. The highest BCUT2D eigenvalue weighted by Gasteiger charge is 2.13. The van der Waals surface area contributed by atoms with Crippen molar-refractivity contribution >= 4 is 11.6 Å². The summed E-state index contributed by atoms with van der Waals surface area (Å²) in [6.45, 7) is 8.20. The standard InChI is InChI=1S/C16H26N4O/c1-13-4-5-14(17)12-15(13)16(21)18-6-3-7-20-10-8-19(2)9-11-20/h4-5,12H,3,6-11,17H2,1-2H3,(H,18,21). The molecule has 5 heteroatoms. The highest BCUT2D eigenvalue weighted by atomic mass is 16.1. The second-order valence-electron chi connectivity index (χ2n) is 5.83. The molecule has 1 saturated heterocycles. The van der Waals surface area contributed by atoms with Crippen LogP contribution >= 0.6 is 0 Å². The van der Waals surface area contributed by atoms with Crippen LogP contribution in [-0.4, -0.2) is 62.0 Å². The topological polar surface area (TPSA) is 61.6 Å². The third kappa shape index (κ3) is 4.72. The lowest BCUT2D eigenvalue weighted by molar-refractivity contribution is 0.0949. The number of carbonyl (C=O) groups excluding carboxylic acids is 1. The molecular weight excluding hydrogens is 264 g/mol. The van der Waals surface area contributed by atoms with Crippen molar-refractivity contribution in [3.63, 3.8) is 0 Å². The molecule has 5 nitrogen and oxygen atoms in total. The van der Waals surface area contributed by atoms with Gasteiger partial charge in [0.05, 0.1) is 0 Å². The summed E-state index contributed by atoms with van der Waals surface area (Å²) >= 11 is 0. The molecule has 1 aliphatic heterocycles. The van der Waals surface area contributed by atoms with Crippen molar-refractivity contribution < 1.29 is 4.79 Å². The predicted octanol–water partition coefficient (Wildman–Crippen LogP) is 0.945. The molecule has 116 valence electrons. The van der Waals surface area contributed by atoms with Gasteiger partial charge in [0.1, 0.15) is 0 Å². The maximum Gasteiger partial charge on any atom is 0.251 e. The van der Waals surface area contributed by atoms with Crippen LogP contribution < -0.4 is 11.1 Å². The van der Waals surface area contributed by atoms with Gasteiger partial charge in [-0.25, -0.2) is 0 Å². The third-order valence-corrected chi connectivity index (χ3v) is 4.04. The van der Waals surface area contributed by atoms with Crippen LogP contribution in [0.3, 0.4) is 0 Å². The van der Waals surface area contributed by atoms with E-state index in [2.05, 4.69) is 22.2 Å². The van der Waals surface area contributed by atoms with Gasteiger partial charge in [-0.15, -0.1) is 0 Å². The zero-order valence-corrected chi connectivity index (χ0v) is 13.1. The van der Waals surface area contributed by atoms with Crippen LogP contribution in [0.15, 0.2) is 18.2 Å². The first-order valence-electron chi connectivity index (χ1n) is 7.61. The molecule has 0 unspecified atom stereocenters. The van der Waals surface area contributed by atoms with Gasteiger partial charge in [-0.05, 0) is 44.6 Å². The van der Waals surface area contributed by atoms with Crippen LogP contribution in [0.25, 0.3) is 0 Å². The van der Waals surface area contributed by atoms with E-state index in [1.54, 1.807) is 6.07 Å². The van der Waals surface area contributed by atoms with Crippen molar-refractivity contribution in [3.05, 3.63) is 29.3 Å². The van der Waals surface area contributed by atoms with Crippen molar-refractivity contribution in [2.75, 3.05) is 52.0 Å². The molecule has 1 aromatic rings. The molecule has 0 atom stereocenters. The van der Waals surface area contributed by atoms with Gasteiger partial charge in [-0.1, -0.05) is 6.07 Å². The molecule has 1 fully saturated rings. The predicted molar refractivity (Wildman–Crippen MR) is 86.5 cm³/mol. The number of rotatable bonds is 5. The van der Waals surface area contributed by atoms with Gasteiger partial charge < -0.3 is 20.9 Å². The summed E-state index contributed by atoms with van der Waals surface area (Å²) in [7, 11) is 2.16. The van der Waals surface area contributed by atoms with E-state index < -0.39 is 0 Å². The van der Waals surface area contributed by atoms with Crippen LogP contribution in [0.5, 0.6) is 0 Å². The van der Waals surface area contributed by atoms with E-state index in [9.17, 15) is 4.79 Å². The Balaban J connectivity index is 1.71. The zero-order valence-electron chi connectivity index (χ0n) is 13.1. The van der Waals surface area contributed by atoms with Gasteiger partial charge in [0.25, 0.3) is 5.91 Å². The number of anilines is 1. The Morgan fingerprint density at radius 1 is 1.29 bits per heavy atom. The molecule has 0 bridgehead atoms. The molecule has 1 aromatic carbocycles. The van der Waals surface area contributed by atoms with E-state index in [1.165, 1.54) is 0 Å². The lowest BCUT2D eigenvalue weighted by Gasteiger charge is -2.32. The minimum Gasteiger partial charge on any atom is -0.399 e. The summed E-state index contributed by atoms with van der Waals surface area (Å²) in [6.07, 6.45) is 0.983. The molecule has 1 amide bonds. The van der Waals surface area contributed by atoms with Gasteiger partial charge >= 0.3 is 0 Å². The fourth-order valence-electron chi connectivity index (χ4n) is 2.56. The molecule has 2 rings (SSSR count). The summed E-state index contributed by atoms with van der Waals surface area (Å²) < 4.78 is 0. The Bertz CT molecular complexity index is 481. The van der Waals surface area contributed by atoms with E-state index in [0.29, 0.717) is 17.8 Å². The quantitative estimate of drug-likeness (QED) is 0.626. The van der Waals surface area contributed by atoms with Gasteiger partial charge in [-0.3, -0.25) is 4.79 Å². The lowest BCUT2D eigenvalue weighted by atomic mass is 10.1. The maximum atomic E-state index is 12.1. The van der Waals surface area contributed by atoms with Gasteiger partial charge in [0.2, 0.25) is 0 Å². The summed E-state index contributed by atoms with van der Waals surface area (Å²) in [5.41, 5.74) is 8.00. The smallest absolute Gasteiger partial charge is 0.251 e. The minimum atomic E-state index is -0.0295. The number of likely N-dealkylation sites (N-methyl/N-ethyl adjacent to an activating group) is 1. The number of carbonyl (C=O) groups is 1. The van der Waals surface area contributed by atoms with Gasteiger partial charge in [0.15, 0.2) is 0 Å². The summed E-state index contributed by atoms with van der Waals surface area (Å²) in [6, 6.07) is 5.44. The first-order valence-corrected chi connectivity index (χ1v) is 7.61. The van der Waals surface area contributed by atoms with Crippen LogP contribution in [-0.2, 0) is 0 Å². The third-order valence-electron chi connectivity index (χ3n) is 4.04. The number of hydrogen-bond acceptors (Lipinski definition) is 4. The SMILES string of the molecule is Cc1ccc(N)cc1C(=O)NCCCN1CCN(C)CC1. The number of nitrogens with one attached hydrogen (secondary N) is 1. The highest BCUT2D eigenvalue weighted by Crippen LogP contribution is 2.12. The Hall–Kier alpha value is -1.59. The van der Waals surface area contributed by atoms with E-state index in [1.807, 2.05) is 19.1 Å². The average molecular weight is 290 g/mol. The number of nitrogen functional groups attached to an aromatic ring is 1. The van der Waals surface area contributed by atoms with Gasteiger partial charge in [0, 0.05) is 44.0 Å². The molecular formula is C16H26N4O. The van der Waals surface area contributed by atoms with Crippen LogP contribution in [0.1, 0.15) is 22.3 Å². The van der Waals surface area contributed by atoms with E-state index >= 15 is 0 Å². The molecule has 0 aliphatic carbocycles. The number of benzene rings is 1. The highest BCUT2D eigenvalue weighted by molar-refractivity contribution is 5.96. The Morgan fingerprint density at radius 3 is 2.71 bits per heavy atom. The molecule has 3 N–H and O–H groups in total. The average Bonchev–Trinajstić information content (AvgIpc) is 2.47. The molecule has 1 heterocycles. The second kappa shape index (κ2) is 7.43. The molecule has 0 saturated carbocycles. The Morgan fingerprint density at radius 2 is 2.00 bits per heavy atom. The van der Waals surface area contributed by atoms with Crippen LogP contribution in [0.2, 0.25) is 0 Å². The monoisotopic (exact) mass is 290 g/mol. The molecule has 0 spiro atoms. The Kier molecular flexibility index (Phi) is 5.59. The van der Waals surface area contributed by atoms with Crippen molar-refractivity contribution in [1.82, 2.24) is 15.1 Å². The fourth-order valence-corrected chi connectivity index (χ4v) is 2.56. The molecule has 1 aliphatic rings. The van der Waals surface area contributed by atoms with Crippen LogP contribution in [0, 0.1) is 6.92 Å². The van der Waals surface area contributed by atoms with Crippen molar-refractivity contribution in [2.24, 2.45) is 0 Å². The lowest BCUT2D eigenvalue weighted by Crippen LogP contribution is -2.45. The minimum absolute atomic E-state index is 0.0295. The number of aryl methyl sites for hydroxylation is 1. The van der Waals surface area contributed by atoms with Crippen molar-refractivity contribution in [3.8, 4) is 0 Å². The summed E-state index contributed by atoms with van der Waals surface area (Å²) in [5, 5.41) is 2.98. The second-order valence-corrected chi connectivity index (χ2v) is 5.83. The first-order chi connectivity index (χ1) is 10.1. The number of amides is 1. The molecule has 0 aromatic heterocycles. The first kappa shape index (κ1) is 15.8. The Labute approximate surface area is 127 Å². The molecule has 0 radical (unpaired) electrons. The van der Waals surface area contributed by atoms with Crippen molar-refractivity contribution in [2.45, 2.75) is 13.3 Å². The van der Waals surface area contributed by atoms with Crippen LogP contribution in [0.4, 0.5) is 5.69 Å². The largest absolute Gasteiger partial charge is 0.399 e. The zero-order chi connectivity index (χ0) is 15.2. The van der Waals surface area contributed by atoms with E-state index in [-0.39, 0.29) is 5.91 Å². The number of hydrogen-bond donors (Lipinski definition) is 2. The van der Waals surface area contributed by atoms with Gasteiger partial charge in [-0.2, -0.15) is 0 Å².